The molecule has 1 saturated heterocycles. The fraction of sp³-hybridized carbons (Fsp3) is 0.348. The number of anilines is 1. The van der Waals surface area contributed by atoms with Crippen molar-refractivity contribution in [2.45, 2.75) is 32.4 Å². The molecule has 4 heterocycles. The Balaban J connectivity index is 1.58. The molecular weight excluding hydrogens is 362 g/mol. The Morgan fingerprint density at radius 3 is 2.86 bits per heavy atom. The molecule has 4 aromatic rings. The highest BCUT2D eigenvalue weighted by Crippen LogP contribution is 2.33. The quantitative estimate of drug-likeness (QED) is 0.493. The van der Waals surface area contributed by atoms with Crippen LogP contribution in [0, 0.1) is 0 Å². The molecule has 0 amide bonds. The Hall–Kier alpha value is -2.99. The molecule has 148 valence electrons. The van der Waals surface area contributed by atoms with E-state index in [2.05, 4.69) is 49.9 Å². The van der Waals surface area contributed by atoms with Crippen molar-refractivity contribution in [3.63, 3.8) is 0 Å². The van der Waals surface area contributed by atoms with Gasteiger partial charge in [-0.15, -0.1) is 0 Å². The van der Waals surface area contributed by atoms with Crippen molar-refractivity contribution in [3.8, 4) is 0 Å². The first kappa shape index (κ1) is 18.1. The van der Waals surface area contributed by atoms with E-state index in [1.54, 1.807) is 6.33 Å². The van der Waals surface area contributed by atoms with Gasteiger partial charge in [-0.1, -0.05) is 19.1 Å². The lowest BCUT2D eigenvalue weighted by Crippen LogP contribution is -2.40. The maximum absolute atomic E-state index is 6.23. The van der Waals surface area contributed by atoms with Gasteiger partial charge < -0.3 is 9.32 Å². The third-order valence-corrected chi connectivity index (χ3v) is 5.90. The molecule has 1 unspecified atom stereocenters. The predicted octanol–water partition coefficient (Wildman–Crippen LogP) is 4.26. The molecule has 29 heavy (non-hydrogen) atoms. The van der Waals surface area contributed by atoms with Crippen LogP contribution in [0.15, 0.2) is 59.5 Å². The molecule has 1 aliphatic rings. The van der Waals surface area contributed by atoms with E-state index in [9.17, 15) is 0 Å². The normalized spacial score (nSPS) is 17.3. The Labute approximate surface area is 170 Å². The van der Waals surface area contributed by atoms with Crippen LogP contribution in [-0.2, 0) is 6.54 Å². The molecule has 6 nitrogen and oxygen atoms in total. The van der Waals surface area contributed by atoms with Crippen LogP contribution in [0.5, 0.6) is 0 Å². The van der Waals surface area contributed by atoms with E-state index in [0.717, 1.165) is 47.5 Å². The summed E-state index contributed by atoms with van der Waals surface area (Å²) < 4.78 is 6.23. The van der Waals surface area contributed by atoms with Gasteiger partial charge >= 0.3 is 0 Å². The van der Waals surface area contributed by atoms with Crippen molar-refractivity contribution < 1.29 is 4.42 Å². The van der Waals surface area contributed by atoms with Crippen LogP contribution in [-0.4, -0.2) is 45.5 Å². The van der Waals surface area contributed by atoms with E-state index in [1.807, 2.05) is 30.6 Å². The summed E-state index contributed by atoms with van der Waals surface area (Å²) in [4.78, 5) is 18.3. The number of pyridine rings is 1. The molecule has 1 aromatic carbocycles. The average Bonchev–Trinajstić information content (AvgIpc) is 3.37. The lowest BCUT2D eigenvalue weighted by Gasteiger charge is -2.31. The number of likely N-dealkylation sites (N-methyl/N-ethyl adjacent to an activating group) is 1. The minimum Gasteiger partial charge on any atom is -0.450 e. The highest BCUT2D eigenvalue weighted by Gasteiger charge is 2.27. The molecule has 5 rings (SSSR count). The summed E-state index contributed by atoms with van der Waals surface area (Å²) in [6.45, 7) is 6.18. The summed E-state index contributed by atoms with van der Waals surface area (Å²) in [5, 5.41) is 1.03. The monoisotopic (exact) mass is 387 g/mol. The number of likely N-dealkylation sites (tertiary alicyclic amines) is 1. The van der Waals surface area contributed by atoms with Gasteiger partial charge in [0.15, 0.2) is 11.4 Å². The van der Waals surface area contributed by atoms with Gasteiger partial charge in [-0.2, -0.15) is 0 Å². The summed E-state index contributed by atoms with van der Waals surface area (Å²) in [5.41, 5.74) is 3.71. The lowest BCUT2D eigenvalue weighted by molar-refractivity contribution is 0.268. The molecule has 1 aliphatic heterocycles. The standard InChI is InChI=1S/C23H25N5O/c1-2-27-13-5-6-18(27)15-28(14-17-9-11-24-12-10-17)23-22-21(25-16-26-23)19-7-3-4-8-20(19)29-22/h3-4,7-12,16,18H,2,5-6,13-15H2,1H3. The van der Waals surface area contributed by atoms with Crippen molar-refractivity contribution in [3.05, 3.63) is 60.7 Å². The first-order valence-electron chi connectivity index (χ1n) is 10.3. The smallest absolute Gasteiger partial charge is 0.196 e. The van der Waals surface area contributed by atoms with Crippen molar-refractivity contribution in [2.24, 2.45) is 0 Å². The molecule has 0 bridgehead atoms. The Morgan fingerprint density at radius 2 is 2.00 bits per heavy atom. The topological polar surface area (TPSA) is 58.3 Å². The van der Waals surface area contributed by atoms with Crippen LogP contribution in [0.4, 0.5) is 5.82 Å². The SMILES string of the molecule is CCN1CCCC1CN(Cc1ccncc1)c1ncnc2c1oc1ccccc12. The van der Waals surface area contributed by atoms with Gasteiger partial charge in [0.05, 0.1) is 0 Å². The fourth-order valence-electron chi connectivity index (χ4n) is 4.44. The minimum atomic E-state index is 0.524. The number of hydrogen-bond donors (Lipinski definition) is 0. The second kappa shape index (κ2) is 7.79. The molecule has 0 aliphatic carbocycles. The first-order valence-corrected chi connectivity index (χ1v) is 10.3. The van der Waals surface area contributed by atoms with Gasteiger partial charge in [0.1, 0.15) is 17.4 Å². The van der Waals surface area contributed by atoms with Crippen LogP contribution in [0.2, 0.25) is 0 Å². The van der Waals surface area contributed by atoms with Crippen LogP contribution in [0.1, 0.15) is 25.3 Å². The van der Waals surface area contributed by atoms with Gasteiger partial charge in [-0.3, -0.25) is 9.88 Å². The van der Waals surface area contributed by atoms with Crippen molar-refractivity contribution in [1.82, 2.24) is 19.9 Å². The summed E-state index contributed by atoms with van der Waals surface area (Å²) >= 11 is 0. The molecule has 1 fully saturated rings. The van der Waals surface area contributed by atoms with Gasteiger partial charge in [0, 0.05) is 36.9 Å². The molecule has 3 aromatic heterocycles. The molecule has 0 spiro atoms. The molecular formula is C23H25N5O. The van der Waals surface area contributed by atoms with E-state index in [4.69, 9.17) is 4.42 Å². The number of rotatable bonds is 6. The van der Waals surface area contributed by atoms with Crippen LogP contribution >= 0.6 is 0 Å². The predicted molar refractivity (Wildman–Crippen MR) is 115 cm³/mol. The zero-order valence-corrected chi connectivity index (χ0v) is 16.7. The number of benzene rings is 1. The number of aromatic nitrogens is 3. The number of nitrogens with zero attached hydrogens (tertiary/aromatic N) is 5. The molecule has 1 atom stereocenters. The summed E-state index contributed by atoms with van der Waals surface area (Å²) in [5.74, 6) is 0.867. The highest BCUT2D eigenvalue weighted by molar-refractivity contribution is 6.05. The maximum Gasteiger partial charge on any atom is 0.196 e. The molecule has 6 heteroatoms. The summed E-state index contributed by atoms with van der Waals surface area (Å²) in [6, 6.07) is 12.7. The van der Waals surface area contributed by atoms with Crippen LogP contribution in [0.3, 0.4) is 0 Å². The third-order valence-electron chi connectivity index (χ3n) is 5.90. The van der Waals surface area contributed by atoms with Gasteiger partial charge in [0.25, 0.3) is 0 Å². The third kappa shape index (κ3) is 3.44. The van der Waals surface area contributed by atoms with Crippen LogP contribution in [0.25, 0.3) is 22.1 Å². The lowest BCUT2D eigenvalue weighted by atomic mass is 10.1. The van der Waals surface area contributed by atoms with Crippen molar-refractivity contribution >= 4 is 27.9 Å². The number of para-hydroxylation sites is 1. The van der Waals surface area contributed by atoms with E-state index < -0.39 is 0 Å². The van der Waals surface area contributed by atoms with E-state index >= 15 is 0 Å². The zero-order valence-electron chi connectivity index (χ0n) is 16.7. The maximum atomic E-state index is 6.23. The van der Waals surface area contributed by atoms with E-state index in [-0.39, 0.29) is 0 Å². The van der Waals surface area contributed by atoms with Crippen LogP contribution < -0.4 is 4.90 Å². The van der Waals surface area contributed by atoms with Gasteiger partial charge in [-0.05, 0) is 55.8 Å². The second-order valence-electron chi connectivity index (χ2n) is 7.63. The number of hydrogen-bond acceptors (Lipinski definition) is 6. The van der Waals surface area contributed by atoms with Gasteiger partial charge in [-0.25, -0.2) is 9.97 Å². The van der Waals surface area contributed by atoms with Crippen molar-refractivity contribution in [1.29, 1.82) is 0 Å². The molecule has 0 radical (unpaired) electrons. The number of fused-ring (bicyclic) bond motifs is 3. The largest absolute Gasteiger partial charge is 0.450 e. The van der Waals surface area contributed by atoms with Gasteiger partial charge in [0.2, 0.25) is 0 Å². The van der Waals surface area contributed by atoms with E-state index in [1.165, 1.54) is 24.9 Å². The second-order valence-corrected chi connectivity index (χ2v) is 7.63. The Morgan fingerprint density at radius 1 is 1.14 bits per heavy atom. The van der Waals surface area contributed by atoms with Crippen molar-refractivity contribution in [2.75, 3.05) is 24.5 Å². The Kier molecular flexibility index (Phi) is 4.86. The Bertz CT molecular complexity index is 1110. The fourth-order valence-corrected chi connectivity index (χ4v) is 4.44. The highest BCUT2D eigenvalue weighted by atomic mass is 16.3. The molecule has 0 saturated carbocycles. The van der Waals surface area contributed by atoms with E-state index in [0.29, 0.717) is 6.04 Å². The molecule has 0 N–H and O–H groups in total. The summed E-state index contributed by atoms with van der Waals surface area (Å²) in [7, 11) is 0. The number of furan rings is 1. The first-order chi connectivity index (χ1) is 14.3. The average molecular weight is 387 g/mol. The summed E-state index contributed by atoms with van der Waals surface area (Å²) in [6.07, 6.45) is 7.82. The minimum absolute atomic E-state index is 0.524. The zero-order chi connectivity index (χ0) is 19.6.